The van der Waals surface area contributed by atoms with Crippen molar-refractivity contribution in [2.45, 2.75) is 33.2 Å². The van der Waals surface area contributed by atoms with E-state index in [0.29, 0.717) is 13.0 Å². The van der Waals surface area contributed by atoms with Crippen LogP contribution in [-0.4, -0.2) is 33.6 Å². The molecule has 0 aromatic heterocycles. The zero-order valence-electron chi connectivity index (χ0n) is 12.8. The molecule has 1 rings (SSSR count). The summed E-state index contributed by atoms with van der Waals surface area (Å²) in [5, 5.41) is 3.19. The molecule has 20 heavy (non-hydrogen) atoms. The van der Waals surface area contributed by atoms with Crippen molar-refractivity contribution >= 4 is 9.84 Å². The Balaban J connectivity index is 2.65. The van der Waals surface area contributed by atoms with Gasteiger partial charge in [-0.2, -0.15) is 0 Å². The van der Waals surface area contributed by atoms with Gasteiger partial charge in [-0.1, -0.05) is 19.1 Å². The quantitative estimate of drug-likeness (QED) is 0.749. The van der Waals surface area contributed by atoms with Crippen molar-refractivity contribution in [3.63, 3.8) is 0 Å². The molecule has 5 heteroatoms. The minimum absolute atomic E-state index is 0.187. The maximum absolute atomic E-state index is 11.4. The lowest BCUT2D eigenvalue weighted by atomic mass is 10.1. The molecule has 0 aliphatic rings. The van der Waals surface area contributed by atoms with Gasteiger partial charge in [0.1, 0.15) is 15.6 Å². The lowest BCUT2D eigenvalue weighted by Crippen LogP contribution is -2.15. The Morgan fingerprint density at radius 1 is 1.35 bits per heavy atom. The topological polar surface area (TPSA) is 55.4 Å². The van der Waals surface area contributed by atoms with Crippen LogP contribution < -0.4 is 10.1 Å². The average Bonchev–Trinajstić information content (AvgIpc) is 2.43. The van der Waals surface area contributed by atoms with Crippen LogP contribution in [0.1, 0.15) is 37.4 Å². The highest BCUT2D eigenvalue weighted by molar-refractivity contribution is 7.91. The van der Waals surface area contributed by atoms with Crippen LogP contribution in [0.4, 0.5) is 0 Å². The van der Waals surface area contributed by atoms with E-state index in [1.807, 2.05) is 20.0 Å². The summed E-state index contributed by atoms with van der Waals surface area (Å²) >= 11 is 0. The van der Waals surface area contributed by atoms with Crippen molar-refractivity contribution in [2.24, 2.45) is 0 Å². The van der Waals surface area contributed by atoms with Gasteiger partial charge in [0.15, 0.2) is 0 Å². The van der Waals surface area contributed by atoms with Gasteiger partial charge < -0.3 is 10.1 Å². The van der Waals surface area contributed by atoms with E-state index in [2.05, 4.69) is 24.4 Å². The summed E-state index contributed by atoms with van der Waals surface area (Å²) in [5.41, 5.74) is 2.23. The van der Waals surface area contributed by atoms with E-state index in [0.717, 1.165) is 16.9 Å². The summed E-state index contributed by atoms with van der Waals surface area (Å²) in [6, 6.07) is 6.30. The third-order valence-electron chi connectivity index (χ3n) is 3.37. The van der Waals surface area contributed by atoms with Gasteiger partial charge in [-0.05, 0) is 38.9 Å². The van der Waals surface area contributed by atoms with Gasteiger partial charge in [-0.3, -0.25) is 0 Å². The van der Waals surface area contributed by atoms with Crippen LogP contribution in [0.15, 0.2) is 18.2 Å². The van der Waals surface area contributed by atoms with Crippen LogP contribution in [0.5, 0.6) is 5.75 Å². The molecule has 1 unspecified atom stereocenters. The molecule has 0 amide bonds. The normalized spacial score (nSPS) is 13.2. The predicted molar refractivity (Wildman–Crippen MR) is 83.1 cm³/mol. The van der Waals surface area contributed by atoms with Gasteiger partial charge in [0.05, 0.1) is 12.4 Å². The molecule has 0 bridgehead atoms. The molecule has 114 valence electrons. The first-order valence-corrected chi connectivity index (χ1v) is 8.82. The molecule has 0 saturated heterocycles. The molecular formula is C15H25NO3S. The van der Waals surface area contributed by atoms with Gasteiger partial charge in [-0.25, -0.2) is 8.42 Å². The van der Waals surface area contributed by atoms with Crippen molar-refractivity contribution in [3.8, 4) is 5.75 Å². The summed E-state index contributed by atoms with van der Waals surface area (Å²) < 4.78 is 28.6. The minimum Gasteiger partial charge on any atom is -0.493 e. The van der Waals surface area contributed by atoms with Crippen LogP contribution in [0.25, 0.3) is 0 Å². The Morgan fingerprint density at radius 3 is 2.65 bits per heavy atom. The van der Waals surface area contributed by atoms with Gasteiger partial charge in [0.2, 0.25) is 0 Å². The Morgan fingerprint density at radius 2 is 2.05 bits per heavy atom. The number of benzene rings is 1. The van der Waals surface area contributed by atoms with Crippen molar-refractivity contribution < 1.29 is 13.2 Å². The number of rotatable bonds is 8. The van der Waals surface area contributed by atoms with Crippen LogP contribution in [0.3, 0.4) is 0 Å². The summed E-state index contributed by atoms with van der Waals surface area (Å²) in [7, 11) is -1.00. The first-order chi connectivity index (χ1) is 9.39. The van der Waals surface area contributed by atoms with E-state index < -0.39 is 9.84 Å². The second-order valence-electron chi connectivity index (χ2n) is 4.99. The smallest absolute Gasteiger partial charge is 0.150 e. The average molecular weight is 299 g/mol. The molecule has 4 nitrogen and oxygen atoms in total. The van der Waals surface area contributed by atoms with Gasteiger partial charge >= 0.3 is 0 Å². The van der Waals surface area contributed by atoms with Gasteiger partial charge in [0.25, 0.3) is 0 Å². The minimum atomic E-state index is -2.91. The molecular weight excluding hydrogens is 274 g/mol. The van der Waals surface area contributed by atoms with Crippen molar-refractivity contribution in [1.82, 2.24) is 5.32 Å². The van der Waals surface area contributed by atoms with Crippen LogP contribution >= 0.6 is 0 Å². The molecule has 1 N–H and O–H groups in total. The highest BCUT2D eigenvalue weighted by Crippen LogP contribution is 2.26. The van der Waals surface area contributed by atoms with Gasteiger partial charge in [-0.15, -0.1) is 0 Å². The molecule has 0 aliphatic carbocycles. The fourth-order valence-corrected chi connectivity index (χ4v) is 2.73. The van der Waals surface area contributed by atoms with Crippen LogP contribution in [0.2, 0.25) is 0 Å². The summed E-state index contributed by atoms with van der Waals surface area (Å²) in [6.07, 6.45) is 0.525. The first-order valence-electron chi connectivity index (χ1n) is 7.00. The molecule has 1 atom stereocenters. The number of sulfone groups is 1. The van der Waals surface area contributed by atoms with Crippen molar-refractivity contribution in [3.05, 3.63) is 29.3 Å². The van der Waals surface area contributed by atoms with E-state index in [1.54, 1.807) is 6.92 Å². The molecule has 0 spiro atoms. The Kier molecular flexibility index (Phi) is 6.49. The van der Waals surface area contributed by atoms with E-state index in [4.69, 9.17) is 4.74 Å². The Bertz CT molecular complexity index is 526. The number of hydrogen-bond donors (Lipinski definition) is 1. The molecule has 0 fully saturated rings. The van der Waals surface area contributed by atoms with E-state index in [-0.39, 0.29) is 17.5 Å². The second kappa shape index (κ2) is 7.64. The molecule has 0 heterocycles. The Hall–Kier alpha value is -1.07. The standard InChI is InChI=1S/C15H25NO3S/c1-5-20(17,18)10-6-9-19-15-11-12(2)7-8-14(15)13(3)16-4/h7-8,11,13,16H,5-6,9-10H2,1-4H3. The number of ether oxygens (including phenoxy) is 1. The van der Waals surface area contributed by atoms with E-state index >= 15 is 0 Å². The lowest BCUT2D eigenvalue weighted by Gasteiger charge is -2.17. The monoisotopic (exact) mass is 299 g/mol. The lowest BCUT2D eigenvalue weighted by molar-refractivity contribution is 0.311. The molecule has 0 aliphatic heterocycles. The maximum Gasteiger partial charge on any atom is 0.150 e. The van der Waals surface area contributed by atoms with Gasteiger partial charge in [0, 0.05) is 17.4 Å². The zero-order valence-corrected chi connectivity index (χ0v) is 13.6. The Labute approximate surface area is 122 Å². The number of hydrogen-bond acceptors (Lipinski definition) is 4. The zero-order chi connectivity index (χ0) is 15.2. The fraction of sp³-hybridized carbons (Fsp3) is 0.600. The highest BCUT2D eigenvalue weighted by atomic mass is 32.2. The molecule has 1 aromatic rings. The maximum atomic E-state index is 11.4. The summed E-state index contributed by atoms with van der Waals surface area (Å²) in [6.45, 7) is 6.18. The van der Waals surface area contributed by atoms with Crippen LogP contribution in [-0.2, 0) is 9.84 Å². The largest absolute Gasteiger partial charge is 0.493 e. The summed E-state index contributed by atoms with van der Waals surface area (Å²) in [4.78, 5) is 0. The van der Waals surface area contributed by atoms with Crippen LogP contribution in [0, 0.1) is 6.92 Å². The van der Waals surface area contributed by atoms with Crippen molar-refractivity contribution in [1.29, 1.82) is 0 Å². The van der Waals surface area contributed by atoms with Crippen molar-refractivity contribution in [2.75, 3.05) is 25.2 Å². The SMILES string of the molecule is CCS(=O)(=O)CCCOc1cc(C)ccc1C(C)NC. The number of aryl methyl sites for hydroxylation is 1. The second-order valence-corrected chi connectivity index (χ2v) is 7.46. The fourth-order valence-electron chi connectivity index (χ4n) is 1.89. The third kappa shape index (κ3) is 5.13. The van der Waals surface area contributed by atoms with E-state index in [9.17, 15) is 8.42 Å². The first kappa shape index (κ1) is 17.0. The van der Waals surface area contributed by atoms with E-state index in [1.165, 1.54) is 0 Å². The highest BCUT2D eigenvalue weighted by Gasteiger charge is 2.11. The third-order valence-corrected chi connectivity index (χ3v) is 5.16. The summed E-state index contributed by atoms with van der Waals surface area (Å²) in [5.74, 6) is 1.21. The molecule has 1 aromatic carbocycles. The molecule has 0 radical (unpaired) electrons. The predicted octanol–water partition coefficient (Wildman–Crippen LogP) is 2.48. The number of nitrogens with one attached hydrogen (secondary N) is 1. The molecule has 0 saturated carbocycles.